The van der Waals surface area contributed by atoms with Crippen molar-refractivity contribution in [3.05, 3.63) is 60.7 Å². The Balaban J connectivity index is 1.64. The van der Waals surface area contributed by atoms with E-state index in [1.54, 1.807) is 24.7 Å². The van der Waals surface area contributed by atoms with Crippen molar-refractivity contribution in [1.29, 1.82) is 0 Å². The molecule has 0 aliphatic heterocycles. The highest BCUT2D eigenvalue weighted by Gasteiger charge is 2.34. The van der Waals surface area contributed by atoms with E-state index in [2.05, 4.69) is 25.0 Å². The molecule has 0 N–H and O–H groups in total. The maximum Gasteiger partial charge on any atom is 0.451 e. The van der Waals surface area contributed by atoms with Gasteiger partial charge in [-0.05, 0) is 25.1 Å². The smallest absolute Gasteiger partial charge is 0.264 e. The van der Waals surface area contributed by atoms with Crippen molar-refractivity contribution in [1.82, 2.24) is 29.7 Å². The lowest BCUT2D eigenvalue weighted by Gasteiger charge is -2.05. The molecule has 10 heteroatoms. The van der Waals surface area contributed by atoms with Crippen molar-refractivity contribution in [2.24, 2.45) is 0 Å². The van der Waals surface area contributed by atoms with Gasteiger partial charge in [0.05, 0.1) is 23.0 Å². The largest absolute Gasteiger partial charge is 0.451 e. The summed E-state index contributed by atoms with van der Waals surface area (Å²) in [5.74, 6) is -1.18. The Bertz CT molecular complexity index is 1070. The summed E-state index contributed by atoms with van der Waals surface area (Å²) in [6.45, 7) is 1.88. The van der Waals surface area contributed by atoms with Gasteiger partial charge in [-0.15, -0.1) is 11.3 Å². The second-order valence-corrected chi connectivity index (χ2v) is 6.58. The lowest BCUT2D eigenvalue weighted by molar-refractivity contribution is -0.145. The Labute approximate surface area is 155 Å². The number of thiazole rings is 1. The summed E-state index contributed by atoms with van der Waals surface area (Å²) < 4.78 is 39.2. The van der Waals surface area contributed by atoms with Gasteiger partial charge in [-0.3, -0.25) is 4.98 Å². The van der Waals surface area contributed by atoms with Gasteiger partial charge < -0.3 is 0 Å². The molecule has 136 valence electrons. The molecule has 0 saturated carbocycles. The molecule has 27 heavy (non-hydrogen) atoms. The second-order valence-electron chi connectivity index (χ2n) is 5.58. The topological polar surface area (TPSA) is 69.4 Å². The van der Waals surface area contributed by atoms with E-state index < -0.39 is 12.0 Å². The van der Waals surface area contributed by atoms with Crippen LogP contribution in [0.3, 0.4) is 0 Å². The summed E-state index contributed by atoms with van der Waals surface area (Å²) >= 11 is 1.47. The number of pyridine rings is 1. The zero-order valence-corrected chi connectivity index (χ0v) is 14.7. The van der Waals surface area contributed by atoms with Crippen LogP contribution in [0.5, 0.6) is 0 Å². The van der Waals surface area contributed by atoms with Crippen molar-refractivity contribution in [3.8, 4) is 26.8 Å². The first-order chi connectivity index (χ1) is 12.9. The first-order valence-corrected chi connectivity index (χ1v) is 8.57. The number of alkyl halides is 3. The quantitative estimate of drug-likeness (QED) is 0.527. The molecule has 0 radical (unpaired) electrons. The molecule has 0 unspecified atom stereocenters. The monoisotopic (exact) mass is 388 g/mol. The highest BCUT2D eigenvalue weighted by atomic mass is 32.1. The fourth-order valence-corrected chi connectivity index (χ4v) is 3.44. The maximum absolute atomic E-state index is 12.6. The van der Waals surface area contributed by atoms with Gasteiger partial charge in [-0.2, -0.15) is 18.3 Å². The average Bonchev–Trinajstić information content (AvgIpc) is 3.28. The minimum absolute atomic E-state index is 0.337. The van der Waals surface area contributed by atoms with Gasteiger partial charge in [0.2, 0.25) is 5.82 Å². The molecule has 0 atom stereocenters. The lowest BCUT2D eigenvalue weighted by Crippen LogP contribution is -2.11. The number of aromatic nitrogens is 6. The summed E-state index contributed by atoms with van der Waals surface area (Å²) in [6, 6.07) is 5.53. The first kappa shape index (κ1) is 17.3. The summed E-state index contributed by atoms with van der Waals surface area (Å²) in [4.78, 5) is 16.2. The Morgan fingerprint density at radius 1 is 1.07 bits per heavy atom. The minimum Gasteiger partial charge on any atom is -0.264 e. The highest BCUT2D eigenvalue weighted by Crippen LogP contribution is 2.34. The number of aryl methyl sites for hydroxylation is 1. The molecule has 0 amide bonds. The van der Waals surface area contributed by atoms with Gasteiger partial charge in [0.25, 0.3) is 0 Å². The number of rotatable bonds is 3. The zero-order chi connectivity index (χ0) is 19.0. The van der Waals surface area contributed by atoms with Gasteiger partial charge in [0.1, 0.15) is 16.4 Å². The summed E-state index contributed by atoms with van der Waals surface area (Å²) in [5.41, 5.74) is 2.73. The molecule has 4 aromatic rings. The molecule has 0 aliphatic carbocycles. The van der Waals surface area contributed by atoms with Crippen LogP contribution in [0.2, 0.25) is 0 Å². The third kappa shape index (κ3) is 3.43. The molecule has 4 heterocycles. The Morgan fingerprint density at radius 2 is 1.85 bits per heavy atom. The summed E-state index contributed by atoms with van der Waals surface area (Å²) in [6.07, 6.45) is 2.68. The predicted molar refractivity (Wildman–Crippen MR) is 93.2 cm³/mol. The third-order valence-corrected chi connectivity index (χ3v) is 4.91. The molecule has 0 fully saturated rings. The van der Waals surface area contributed by atoms with Crippen molar-refractivity contribution < 1.29 is 13.2 Å². The normalized spacial score (nSPS) is 11.7. The van der Waals surface area contributed by atoms with E-state index in [0.29, 0.717) is 11.4 Å². The molecular weight excluding hydrogens is 377 g/mol. The van der Waals surface area contributed by atoms with Crippen molar-refractivity contribution in [2.45, 2.75) is 13.1 Å². The van der Waals surface area contributed by atoms with E-state index in [-0.39, 0.29) is 0 Å². The molecule has 0 saturated heterocycles. The minimum atomic E-state index is -4.57. The van der Waals surface area contributed by atoms with Crippen LogP contribution in [0, 0.1) is 6.92 Å². The SMILES string of the molecule is Cc1nc(-c2cccnc2)sc1-c1ccn(-c2cnc(C(F)(F)F)nc2)n1. The van der Waals surface area contributed by atoms with Crippen LogP contribution < -0.4 is 0 Å². The third-order valence-electron chi connectivity index (χ3n) is 3.68. The van der Waals surface area contributed by atoms with Crippen molar-refractivity contribution in [2.75, 3.05) is 0 Å². The number of hydrogen-bond donors (Lipinski definition) is 0. The zero-order valence-electron chi connectivity index (χ0n) is 13.8. The van der Waals surface area contributed by atoms with Crippen LogP contribution in [-0.4, -0.2) is 29.7 Å². The first-order valence-electron chi connectivity index (χ1n) is 7.75. The molecule has 0 aliphatic rings. The predicted octanol–water partition coefficient (Wildman–Crippen LogP) is 4.18. The van der Waals surface area contributed by atoms with E-state index >= 15 is 0 Å². The molecule has 0 aromatic carbocycles. The Kier molecular flexibility index (Phi) is 4.19. The van der Waals surface area contributed by atoms with Crippen LogP contribution >= 0.6 is 11.3 Å². The Morgan fingerprint density at radius 3 is 2.52 bits per heavy atom. The van der Waals surface area contributed by atoms with Gasteiger partial charge in [-0.25, -0.2) is 19.6 Å². The van der Waals surface area contributed by atoms with E-state index in [1.165, 1.54) is 16.0 Å². The summed E-state index contributed by atoms with van der Waals surface area (Å²) in [7, 11) is 0. The van der Waals surface area contributed by atoms with E-state index in [1.807, 2.05) is 19.1 Å². The standard InChI is InChI=1S/C17H11F3N6S/c1-10-14(27-15(24-10)11-3-2-5-21-7-11)13-4-6-26(25-13)12-8-22-16(23-9-12)17(18,19)20/h2-9H,1H3. The molecule has 4 aromatic heterocycles. The lowest BCUT2D eigenvalue weighted by atomic mass is 10.3. The number of hydrogen-bond acceptors (Lipinski definition) is 6. The molecule has 6 nitrogen and oxygen atoms in total. The molecular formula is C17H11F3N6S. The van der Waals surface area contributed by atoms with Crippen LogP contribution in [0.1, 0.15) is 11.5 Å². The van der Waals surface area contributed by atoms with Gasteiger partial charge in [0.15, 0.2) is 0 Å². The Hall–Kier alpha value is -3.14. The average molecular weight is 388 g/mol. The summed E-state index contributed by atoms with van der Waals surface area (Å²) in [5, 5.41) is 5.24. The van der Waals surface area contributed by atoms with Crippen molar-refractivity contribution in [3.63, 3.8) is 0 Å². The van der Waals surface area contributed by atoms with Crippen LogP contribution in [0.15, 0.2) is 49.2 Å². The van der Waals surface area contributed by atoms with Crippen LogP contribution in [-0.2, 0) is 6.18 Å². The molecule has 0 spiro atoms. The number of nitrogens with zero attached hydrogens (tertiary/aromatic N) is 6. The second kappa shape index (κ2) is 6.54. The molecule has 0 bridgehead atoms. The fourth-order valence-electron chi connectivity index (χ4n) is 2.42. The van der Waals surface area contributed by atoms with Gasteiger partial charge >= 0.3 is 6.18 Å². The van der Waals surface area contributed by atoms with Crippen molar-refractivity contribution >= 4 is 11.3 Å². The van der Waals surface area contributed by atoms with E-state index in [0.717, 1.165) is 33.5 Å². The van der Waals surface area contributed by atoms with Gasteiger partial charge in [0, 0.05) is 24.2 Å². The highest BCUT2D eigenvalue weighted by molar-refractivity contribution is 7.18. The van der Waals surface area contributed by atoms with Crippen LogP contribution in [0.4, 0.5) is 13.2 Å². The fraction of sp³-hybridized carbons (Fsp3) is 0.118. The van der Waals surface area contributed by atoms with E-state index in [9.17, 15) is 13.2 Å². The van der Waals surface area contributed by atoms with E-state index in [4.69, 9.17) is 0 Å². The van der Waals surface area contributed by atoms with Gasteiger partial charge in [-0.1, -0.05) is 0 Å². The van der Waals surface area contributed by atoms with Crippen LogP contribution in [0.25, 0.3) is 26.8 Å². The molecule has 4 rings (SSSR count). The number of halogens is 3. The maximum atomic E-state index is 12.6.